The SMILES string of the molecule is CC(=O)N(C)c1ccc(NC(=O)c2ccoc2CN2c3ccccc3CC2C)cc1. The number of benzene rings is 2. The Morgan fingerprint density at radius 1 is 1.13 bits per heavy atom. The molecular weight excluding hydrogens is 378 g/mol. The summed E-state index contributed by atoms with van der Waals surface area (Å²) in [5, 5.41) is 2.91. The van der Waals surface area contributed by atoms with Gasteiger partial charge < -0.3 is 19.5 Å². The van der Waals surface area contributed by atoms with E-state index in [9.17, 15) is 9.59 Å². The molecule has 0 saturated heterocycles. The van der Waals surface area contributed by atoms with Gasteiger partial charge in [-0.3, -0.25) is 9.59 Å². The van der Waals surface area contributed by atoms with Crippen LogP contribution in [0, 0.1) is 0 Å². The molecule has 0 saturated carbocycles. The van der Waals surface area contributed by atoms with Crippen LogP contribution in [-0.2, 0) is 17.8 Å². The molecule has 2 heterocycles. The van der Waals surface area contributed by atoms with Crippen LogP contribution in [0.3, 0.4) is 0 Å². The summed E-state index contributed by atoms with van der Waals surface area (Å²) in [7, 11) is 1.71. The number of fused-ring (bicyclic) bond motifs is 1. The van der Waals surface area contributed by atoms with E-state index in [1.54, 1.807) is 48.5 Å². The fourth-order valence-electron chi connectivity index (χ4n) is 3.84. The smallest absolute Gasteiger partial charge is 0.259 e. The van der Waals surface area contributed by atoms with Gasteiger partial charge in [0.25, 0.3) is 5.91 Å². The molecule has 1 N–H and O–H groups in total. The predicted octanol–water partition coefficient (Wildman–Crippen LogP) is 4.47. The molecule has 1 aromatic heterocycles. The third-order valence-electron chi connectivity index (χ3n) is 5.64. The van der Waals surface area contributed by atoms with Gasteiger partial charge >= 0.3 is 0 Å². The number of amides is 2. The lowest BCUT2D eigenvalue weighted by molar-refractivity contribution is -0.116. The highest BCUT2D eigenvalue weighted by molar-refractivity contribution is 6.05. The van der Waals surface area contributed by atoms with Crippen molar-refractivity contribution in [2.75, 3.05) is 22.2 Å². The van der Waals surface area contributed by atoms with Crippen molar-refractivity contribution in [1.82, 2.24) is 0 Å². The number of furan rings is 1. The van der Waals surface area contributed by atoms with E-state index in [-0.39, 0.29) is 11.8 Å². The fraction of sp³-hybridized carbons (Fsp3) is 0.250. The zero-order chi connectivity index (χ0) is 21.3. The molecule has 1 unspecified atom stereocenters. The molecule has 0 fully saturated rings. The molecule has 30 heavy (non-hydrogen) atoms. The molecule has 6 heteroatoms. The van der Waals surface area contributed by atoms with Crippen LogP contribution in [0.4, 0.5) is 17.1 Å². The van der Waals surface area contributed by atoms with Crippen LogP contribution in [0.15, 0.2) is 65.3 Å². The van der Waals surface area contributed by atoms with Gasteiger partial charge in [0.1, 0.15) is 5.76 Å². The molecule has 0 radical (unpaired) electrons. The standard InChI is InChI=1S/C24H25N3O3/c1-16-14-18-6-4-5-7-22(18)27(16)15-23-21(12-13-30-23)24(29)25-19-8-10-20(11-9-19)26(3)17(2)28/h4-13,16H,14-15H2,1-3H3,(H,25,29). The van der Waals surface area contributed by atoms with Gasteiger partial charge in [0.15, 0.2) is 0 Å². The van der Waals surface area contributed by atoms with E-state index in [0.717, 1.165) is 12.1 Å². The van der Waals surface area contributed by atoms with Crippen LogP contribution >= 0.6 is 0 Å². The van der Waals surface area contributed by atoms with Crippen LogP contribution in [-0.4, -0.2) is 24.9 Å². The van der Waals surface area contributed by atoms with Crippen LogP contribution in [0.5, 0.6) is 0 Å². The van der Waals surface area contributed by atoms with Crippen molar-refractivity contribution in [3.05, 3.63) is 77.7 Å². The molecule has 1 aliphatic heterocycles. The average molecular weight is 403 g/mol. The minimum Gasteiger partial charge on any atom is -0.467 e. The van der Waals surface area contributed by atoms with Gasteiger partial charge in [-0.2, -0.15) is 0 Å². The molecular formula is C24H25N3O3. The highest BCUT2D eigenvalue weighted by atomic mass is 16.3. The lowest BCUT2D eigenvalue weighted by atomic mass is 10.1. The number of nitrogens with one attached hydrogen (secondary N) is 1. The van der Waals surface area contributed by atoms with Crippen LogP contribution in [0.25, 0.3) is 0 Å². The van der Waals surface area contributed by atoms with Crippen LogP contribution < -0.4 is 15.1 Å². The Hall–Kier alpha value is -3.54. The number of anilines is 3. The lowest BCUT2D eigenvalue weighted by Crippen LogP contribution is -2.29. The molecule has 1 aliphatic rings. The molecule has 0 spiro atoms. The minimum absolute atomic E-state index is 0.0486. The first-order chi connectivity index (χ1) is 14.4. The summed E-state index contributed by atoms with van der Waals surface area (Å²) in [6.45, 7) is 4.23. The van der Waals surface area contributed by atoms with Crippen LogP contribution in [0.2, 0.25) is 0 Å². The number of carbonyl (C=O) groups is 2. The fourth-order valence-corrected chi connectivity index (χ4v) is 3.84. The van der Waals surface area contributed by atoms with E-state index in [1.807, 2.05) is 6.07 Å². The molecule has 4 rings (SSSR count). The summed E-state index contributed by atoms with van der Waals surface area (Å²) in [5.41, 5.74) is 4.46. The Bertz CT molecular complexity index is 1070. The van der Waals surface area contributed by atoms with Gasteiger partial charge in [-0.1, -0.05) is 18.2 Å². The Morgan fingerprint density at radius 3 is 2.60 bits per heavy atom. The lowest BCUT2D eigenvalue weighted by Gasteiger charge is -2.24. The van der Waals surface area contributed by atoms with E-state index >= 15 is 0 Å². The first-order valence-corrected chi connectivity index (χ1v) is 10.0. The quantitative estimate of drug-likeness (QED) is 0.683. The van der Waals surface area contributed by atoms with Crippen molar-refractivity contribution in [1.29, 1.82) is 0 Å². The zero-order valence-corrected chi connectivity index (χ0v) is 17.4. The Kier molecular flexibility index (Phi) is 5.31. The molecule has 6 nitrogen and oxygen atoms in total. The molecule has 1 atom stereocenters. The largest absolute Gasteiger partial charge is 0.467 e. The van der Waals surface area contributed by atoms with Gasteiger partial charge in [-0.05, 0) is 55.3 Å². The summed E-state index contributed by atoms with van der Waals surface area (Å²) < 4.78 is 5.68. The number of para-hydroxylation sites is 1. The second-order valence-corrected chi connectivity index (χ2v) is 7.65. The Morgan fingerprint density at radius 2 is 1.87 bits per heavy atom. The highest BCUT2D eigenvalue weighted by Gasteiger charge is 2.28. The maximum absolute atomic E-state index is 12.9. The number of carbonyl (C=O) groups excluding carboxylic acids is 2. The van der Waals surface area contributed by atoms with E-state index in [2.05, 4.69) is 35.3 Å². The van der Waals surface area contributed by atoms with Gasteiger partial charge in [0, 0.05) is 37.1 Å². The van der Waals surface area contributed by atoms with Crippen molar-refractivity contribution < 1.29 is 14.0 Å². The maximum atomic E-state index is 12.9. The second kappa shape index (κ2) is 8.06. The molecule has 2 aromatic carbocycles. The van der Waals surface area contributed by atoms with Crippen molar-refractivity contribution in [2.45, 2.75) is 32.9 Å². The topological polar surface area (TPSA) is 65.8 Å². The molecule has 0 aliphatic carbocycles. The van der Waals surface area contributed by atoms with Gasteiger partial charge in [-0.15, -0.1) is 0 Å². The van der Waals surface area contributed by atoms with E-state index in [0.29, 0.717) is 29.6 Å². The second-order valence-electron chi connectivity index (χ2n) is 7.65. The first-order valence-electron chi connectivity index (χ1n) is 10.0. The monoisotopic (exact) mass is 403 g/mol. The molecule has 3 aromatic rings. The number of hydrogen-bond acceptors (Lipinski definition) is 4. The number of rotatable bonds is 5. The third-order valence-corrected chi connectivity index (χ3v) is 5.64. The van der Waals surface area contributed by atoms with Crippen molar-refractivity contribution >= 4 is 28.9 Å². The van der Waals surface area contributed by atoms with Crippen molar-refractivity contribution in [3.63, 3.8) is 0 Å². The highest BCUT2D eigenvalue weighted by Crippen LogP contribution is 2.33. The van der Waals surface area contributed by atoms with E-state index < -0.39 is 0 Å². The summed E-state index contributed by atoms with van der Waals surface area (Å²) >= 11 is 0. The summed E-state index contributed by atoms with van der Waals surface area (Å²) in [6.07, 6.45) is 2.54. The van der Waals surface area contributed by atoms with Gasteiger partial charge in [-0.25, -0.2) is 0 Å². The van der Waals surface area contributed by atoms with Crippen molar-refractivity contribution in [3.8, 4) is 0 Å². The number of hydrogen-bond donors (Lipinski definition) is 1. The minimum atomic E-state index is -0.216. The maximum Gasteiger partial charge on any atom is 0.259 e. The molecule has 154 valence electrons. The van der Waals surface area contributed by atoms with Crippen LogP contribution in [0.1, 0.15) is 35.5 Å². The molecule has 2 amide bonds. The van der Waals surface area contributed by atoms with Crippen molar-refractivity contribution in [2.24, 2.45) is 0 Å². The third kappa shape index (κ3) is 3.81. The predicted molar refractivity (Wildman–Crippen MR) is 118 cm³/mol. The zero-order valence-electron chi connectivity index (χ0n) is 17.4. The van der Waals surface area contributed by atoms with E-state index in [1.165, 1.54) is 18.2 Å². The molecule has 0 bridgehead atoms. The average Bonchev–Trinajstić information content (AvgIpc) is 3.33. The first kappa shape index (κ1) is 19.8. The Labute approximate surface area is 176 Å². The summed E-state index contributed by atoms with van der Waals surface area (Å²) in [5.74, 6) is 0.378. The summed E-state index contributed by atoms with van der Waals surface area (Å²) in [4.78, 5) is 28.2. The normalized spacial score (nSPS) is 15.0. The number of nitrogens with zero attached hydrogens (tertiary/aromatic N) is 2. The van der Waals surface area contributed by atoms with Gasteiger partial charge in [0.2, 0.25) is 5.91 Å². The Balaban J connectivity index is 1.48. The van der Waals surface area contributed by atoms with E-state index in [4.69, 9.17) is 4.42 Å². The summed E-state index contributed by atoms with van der Waals surface area (Å²) in [6, 6.07) is 17.6. The van der Waals surface area contributed by atoms with Gasteiger partial charge in [0.05, 0.1) is 18.4 Å².